The number of nitrogens with zero attached hydrogens (tertiary/aromatic N) is 2. The van der Waals surface area contributed by atoms with Gasteiger partial charge in [-0.25, -0.2) is 15.1 Å². The van der Waals surface area contributed by atoms with Crippen molar-refractivity contribution in [2.24, 2.45) is 17.6 Å². The molecule has 1 fully saturated rings. The predicted octanol–water partition coefficient (Wildman–Crippen LogP) is 2.28. The number of phenols is 1. The molecule has 0 unspecified atom stereocenters. The van der Waals surface area contributed by atoms with E-state index in [2.05, 4.69) is 5.43 Å². The number of phenolic OH excluding ortho intramolecular Hbond substituents is 1. The van der Waals surface area contributed by atoms with Gasteiger partial charge in [0.05, 0.1) is 29.3 Å². The van der Waals surface area contributed by atoms with Crippen LogP contribution in [0.1, 0.15) is 35.1 Å². The van der Waals surface area contributed by atoms with Crippen LogP contribution in [0.2, 0.25) is 0 Å². The monoisotopic (exact) mass is 714 g/mol. The number of hydrazine groups is 1. The number of primary amides is 1. The average Bonchev–Trinajstić information content (AvgIpc) is 3.11. The molecule has 15 heteroatoms. The van der Waals surface area contributed by atoms with Gasteiger partial charge in [-0.3, -0.25) is 19.3 Å². The van der Waals surface area contributed by atoms with Gasteiger partial charge in [0.1, 0.15) is 36.1 Å². The molecule has 272 valence electrons. The number of benzene rings is 3. The third-order valence-corrected chi connectivity index (χ3v) is 9.91. The molecular weight excluding hydrogens is 676 g/mol. The van der Waals surface area contributed by atoms with Crippen LogP contribution >= 0.6 is 0 Å². The van der Waals surface area contributed by atoms with Crippen LogP contribution in [0.3, 0.4) is 0 Å². The molecule has 0 radical (unpaired) electrons. The molecule has 3 aliphatic carbocycles. The molecule has 6 atom stereocenters. The molecule has 0 aromatic heterocycles. The summed E-state index contributed by atoms with van der Waals surface area (Å²) in [5.74, 6) is -10.5. The third kappa shape index (κ3) is 5.82. The van der Waals surface area contributed by atoms with Crippen LogP contribution in [0.4, 0.5) is 10.5 Å². The molecule has 0 bridgehead atoms. The number of nitrogens with one attached hydrogen (secondary N) is 1. The summed E-state index contributed by atoms with van der Waals surface area (Å²) in [7, 11) is 2.84. The Morgan fingerprint density at radius 3 is 2.10 bits per heavy atom. The van der Waals surface area contributed by atoms with E-state index in [1.165, 1.54) is 31.1 Å². The Bertz CT molecular complexity index is 2000. The van der Waals surface area contributed by atoms with Gasteiger partial charge in [0.2, 0.25) is 5.78 Å². The fourth-order valence-electron chi connectivity index (χ4n) is 7.57. The predicted molar refractivity (Wildman–Crippen MR) is 184 cm³/mol. The minimum absolute atomic E-state index is 0.0709. The van der Waals surface area contributed by atoms with E-state index in [-0.39, 0.29) is 30.0 Å². The molecule has 1 saturated carbocycles. The number of fused-ring (bicyclic) bond motifs is 3. The number of likely N-dealkylation sites (N-methyl/N-ethyl adjacent to an activating group) is 1. The van der Waals surface area contributed by atoms with Crippen molar-refractivity contribution in [2.45, 2.75) is 43.8 Å². The number of amides is 2. The van der Waals surface area contributed by atoms with Gasteiger partial charge in [-0.15, -0.1) is 0 Å². The van der Waals surface area contributed by atoms with Crippen molar-refractivity contribution in [1.82, 2.24) is 10.3 Å². The number of carbonyl (C=O) groups excluding carboxylic acids is 4. The molecule has 2 amide bonds. The van der Waals surface area contributed by atoms with Gasteiger partial charge in [-0.2, -0.15) is 5.17 Å². The van der Waals surface area contributed by atoms with Gasteiger partial charge in [0, 0.05) is 11.5 Å². The molecule has 0 saturated heterocycles. The van der Waals surface area contributed by atoms with Crippen LogP contribution in [0.5, 0.6) is 5.75 Å². The van der Waals surface area contributed by atoms with Gasteiger partial charge in [-0.1, -0.05) is 67.6 Å². The fraction of sp³-hybridized carbons (Fsp3) is 0.297. The molecule has 52 heavy (non-hydrogen) atoms. The lowest BCUT2D eigenvalue weighted by molar-refractivity contribution is -0.169. The molecule has 3 aromatic rings. The third-order valence-electron chi connectivity index (χ3n) is 9.91. The summed E-state index contributed by atoms with van der Waals surface area (Å²) in [6.07, 6.45) is -2.75. The van der Waals surface area contributed by atoms with Gasteiger partial charge in [-0.05, 0) is 48.8 Å². The number of nitrogens with two attached hydrogens (primary N) is 1. The number of hydrogen-bond donors (Lipinski definition) is 7. The lowest BCUT2D eigenvalue weighted by Crippen LogP contribution is -2.70. The number of hydrogen-bond acceptors (Lipinski definition) is 13. The average molecular weight is 715 g/mol. The fourth-order valence-corrected chi connectivity index (χ4v) is 7.57. The van der Waals surface area contributed by atoms with Crippen molar-refractivity contribution in [3.8, 4) is 5.75 Å². The summed E-state index contributed by atoms with van der Waals surface area (Å²) < 4.78 is 5.43. The maximum absolute atomic E-state index is 14.4. The minimum atomic E-state index is -3.06. The molecule has 8 N–H and O–H groups in total. The molecule has 3 aliphatic rings. The first-order valence-corrected chi connectivity index (χ1v) is 16.3. The molecular formula is C37H38N4O11. The van der Waals surface area contributed by atoms with Crippen molar-refractivity contribution in [3.05, 3.63) is 112 Å². The minimum Gasteiger partial charge on any atom is -0.508 e. The Hall–Kier alpha value is -5.74. The molecule has 0 spiro atoms. The Morgan fingerprint density at radius 2 is 1.52 bits per heavy atom. The van der Waals surface area contributed by atoms with Crippen molar-refractivity contribution in [2.75, 3.05) is 19.3 Å². The lowest BCUT2D eigenvalue weighted by atomic mass is 9.54. The second-order valence-corrected chi connectivity index (χ2v) is 13.2. The first kappa shape index (κ1) is 36.1. The normalized spacial score (nSPS) is 25.3. The Balaban J connectivity index is 1.47. The number of rotatable bonds is 9. The first-order chi connectivity index (χ1) is 24.7. The van der Waals surface area contributed by atoms with Gasteiger partial charge < -0.3 is 36.0 Å². The van der Waals surface area contributed by atoms with Crippen molar-refractivity contribution in [3.63, 3.8) is 0 Å². The zero-order valence-electron chi connectivity index (χ0n) is 28.4. The molecule has 0 heterocycles. The summed E-state index contributed by atoms with van der Waals surface area (Å²) in [5.41, 5.74) is 4.61. The van der Waals surface area contributed by atoms with Gasteiger partial charge in [0.25, 0.3) is 5.91 Å². The quantitative estimate of drug-likeness (QED) is 0.125. The molecule has 6 rings (SSSR count). The summed E-state index contributed by atoms with van der Waals surface area (Å²) in [5, 5.41) is 59.1. The van der Waals surface area contributed by atoms with Crippen molar-refractivity contribution in [1.29, 1.82) is 0 Å². The highest BCUT2D eigenvalue weighted by molar-refractivity contribution is 6.24. The van der Waals surface area contributed by atoms with Gasteiger partial charge in [0.15, 0.2) is 11.4 Å². The Labute approximate surface area is 297 Å². The van der Waals surface area contributed by atoms with Crippen LogP contribution in [0, 0.1) is 11.8 Å². The first-order valence-electron chi connectivity index (χ1n) is 16.3. The maximum atomic E-state index is 14.4. The van der Waals surface area contributed by atoms with E-state index in [1.54, 1.807) is 55.5 Å². The van der Waals surface area contributed by atoms with Crippen LogP contribution < -0.4 is 16.3 Å². The number of aliphatic hydroxyl groups excluding tert-OH is 3. The molecule has 3 aromatic carbocycles. The topological polar surface area (TPSA) is 232 Å². The SMILES string of the molecule is C[C@H]1c2c(N(NC(=O)OCc3ccccc3)OCc3ccccc3)ccc(O)c2C(O)=C2C(=O)[C@]3(O)C(O)=C(C(N)=O)C(=O)[C@@H](N(C)C)[C@@H]3[C@@H](O)[C@@H]21. The standard InChI is InChI=1S/C37H38N4O11/c1-18-23-21(41(52-17-20-12-8-5-9-13-20)39-36(49)51-16-19-10-6-4-7-11-19)14-15-22(42)25(23)30(43)26-24(18)31(44)28-29(40(2)3)32(45)27(35(38)48)34(47)37(28,50)33(26)46/h4-15,18,24,28-29,31,42-44,47,50H,16-17H2,1-3H3,(H2,38,48)(H,39,49)/t18-,24+,28+,29-,31-,37-/m0/s1. The van der Waals surface area contributed by atoms with Gasteiger partial charge >= 0.3 is 6.09 Å². The Morgan fingerprint density at radius 1 is 0.923 bits per heavy atom. The molecule has 0 aliphatic heterocycles. The van der Waals surface area contributed by atoms with E-state index in [0.29, 0.717) is 11.1 Å². The van der Waals surface area contributed by atoms with Crippen LogP contribution in [0.25, 0.3) is 5.76 Å². The highest BCUT2D eigenvalue weighted by Gasteiger charge is 2.68. The molecule has 15 nitrogen and oxygen atoms in total. The van der Waals surface area contributed by atoms with E-state index in [9.17, 15) is 44.7 Å². The number of ketones is 2. The zero-order chi connectivity index (χ0) is 37.6. The number of anilines is 1. The van der Waals surface area contributed by atoms with Crippen molar-refractivity contribution >= 4 is 35.0 Å². The number of carbonyl (C=O) groups is 4. The summed E-state index contributed by atoms with van der Waals surface area (Å²) in [4.78, 5) is 60.7. The second kappa shape index (κ2) is 13.8. The van der Waals surface area contributed by atoms with Crippen molar-refractivity contribution < 1.29 is 54.3 Å². The smallest absolute Gasteiger partial charge is 0.428 e. The Kier molecular flexibility index (Phi) is 9.55. The van der Waals surface area contributed by atoms with Crippen LogP contribution in [0.15, 0.2) is 89.7 Å². The number of aromatic hydroxyl groups is 1. The summed E-state index contributed by atoms with van der Waals surface area (Å²) in [6.45, 7) is 1.42. The van der Waals surface area contributed by atoms with E-state index < -0.39 is 87.5 Å². The summed E-state index contributed by atoms with van der Waals surface area (Å²) in [6, 6.07) is 18.9. The number of aliphatic hydroxyl groups is 4. The summed E-state index contributed by atoms with van der Waals surface area (Å²) >= 11 is 0. The highest BCUT2D eigenvalue weighted by Crippen LogP contribution is 2.57. The van der Waals surface area contributed by atoms with E-state index in [4.69, 9.17) is 15.3 Å². The largest absolute Gasteiger partial charge is 0.508 e. The van der Waals surface area contributed by atoms with E-state index >= 15 is 0 Å². The van der Waals surface area contributed by atoms with E-state index in [0.717, 1.165) is 5.17 Å². The van der Waals surface area contributed by atoms with E-state index in [1.807, 2.05) is 12.1 Å². The second-order valence-electron chi connectivity index (χ2n) is 13.2. The maximum Gasteiger partial charge on any atom is 0.428 e. The van der Waals surface area contributed by atoms with Crippen LogP contribution in [-0.4, -0.2) is 85.8 Å². The number of Topliss-reactive ketones (excluding diaryl/α,β-unsaturated/α-hetero) is 2. The number of ether oxygens (including phenoxy) is 1. The zero-order valence-corrected chi connectivity index (χ0v) is 28.4. The highest BCUT2D eigenvalue weighted by atomic mass is 16.7. The van der Waals surface area contributed by atoms with Crippen LogP contribution in [-0.2, 0) is 37.2 Å². The lowest BCUT2D eigenvalue weighted by Gasteiger charge is -2.54.